The fourth-order valence-electron chi connectivity index (χ4n) is 5.21. The van der Waals surface area contributed by atoms with E-state index in [-0.39, 0.29) is 66.9 Å². The van der Waals surface area contributed by atoms with E-state index in [4.69, 9.17) is 0 Å². The molecule has 0 aliphatic heterocycles. The molecule has 10 aromatic rings. The third kappa shape index (κ3) is 23.8. The van der Waals surface area contributed by atoms with Gasteiger partial charge in [0.05, 0.1) is 45.6 Å². The average Bonchev–Trinajstić information content (AvgIpc) is 3.42. The van der Waals surface area contributed by atoms with E-state index in [1.165, 1.54) is 0 Å². The third-order valence-electron chi connectivity index (χ3n) is 8.30. The van der Waals surface area contributed by atoms with Crippen molar-refractivity contribution in [2.45, 2.75) is 0 Å². The summed E-state index contributed by atoms with van der Waals surface area (Å²) >= 11 is 0. The Hall–Kier alpha value is -6.29. The van der Waals surface area contributed by atoms with E-state index in [2.05, 4.69) is 39.9 Å². The summed E-state index contributed by atoms with van der Waals surface area (Å²) in [6, 6.07) is 63.0. The Labute approximate surface area is 450 Å². The van der Waals surface area contributed by atoms with Gasteiger partial charge in [0.1, 0.15) is 0 Å². The molecule has 0 bridgehead atoms. The van der Waals surface area contributed by atoms with Crippen LogP contribution in [0.4, 0.5) is 0 Å². The van der Waals surface area contributed by atoms with Gasteiger partial charge in [0.2, 0.25) is 0 Å². The fourth-order valence-corrected chi connectivity index (χ4v) is 6.04. The molecule has 0 fully saturated rings. The fraction of sp³-hybridized carbons (Fsp3) is 0. The second-order valence-corrected chi connectivity index (χ2v) is 15.0. The van der Waals surface area contributed by atoms with Gasteiger partial charge in [-0.15, -0.1) is 0 Å². The zero-order valence-electron chi connectivity index (χ0n) is 36.7. The minimum absolute atomic E-state index is 0. The van der Waals surface area contributed by atoms with Crippen LogP contribution in [0.1, 0.15) is 0 Å². The normalized spacial score (nSPS) is 9.46. The number of nitrogens with zero attached hydrogens (tertiary/aromatic N) is 8. The summed E-state index contributed by atoms with van der Waals surface area (Å²) in [4.78, 5) is 54.0. The Morgan fingerprint density at radius 1 is 0.243 bits per heavy atom. The first kappa shape index (κ1) is 61.7. The molecule has 2 aromatic carbocycles. The van der Waals surface area contributed by atoms with Crippen LogP contribution < -0.4 is 54.4 Å². The van der Waals surface area contributed by atoms with Crippen LogP contribution in [0.5, 0.6) is 0 Å². The van der Waals surface area contributed by atoms with Crippen LogP contribution in [0.15, 0.2) is 256 Å². The molecule has 8 aromatic heterocycles. The minimum atomic E-state index is -2.40. The van der Waals surface area contributed by atoms with E-state index in [0.29, 0.717) is 10.6 Å². The quantitative estimate of drug-likeness (QED) is 0.175. The molecule has 18 heteroatoms. The van der Waals surface area contributed by atoms with Gasteiger partial charge in [-0.2, -0.15) is 0 Å². The molecule has 2 atom stereocenters. The predicted octanol–water partition coefficient (Wildman–Crippen LogP) is 3.41. The Balaban J connectivity index is 0.000000417. The molecule has 70 heavy (non-hydrogen) atoms. The molecule has 0 radical (unpaired) electrons. The second-order valence-electron chi connectivity index (χ2n) is 12.9. The largest absolute Gasteiger partial charge is 2.00 e. The van der Waals surface area contributed by atoms with Crippen molar-refractivity contribution < 1.29 is 85.9 Å². The van der Waals surface area contributed by atoms with Crippen LogP contribution in [0.3, 0.4) is 0 Å². The number of hydrogen-bond acceptors (Lipinski definition) is 12. The maximum absolute atomic E-state index is 10.2. The predicted molar refractivity (Wildman–Crippen MR) is 257 cm³/mol. The van der Waals surface area contributed by atoms with Crippen LogP contribution in [0.2, 0.25) is 0 Å². The van der Waals surface area contributed by atoms with E-state index in [0.717, 1.165) is 45.6 Å². The van der Waals surface area contributed by atoms with Crippen LogP contribution in [-0.2, 0) is 42.1 Å². The van der Waals surface area contributed by atoms with Crippen molar-refractivity contribution in [3.8, 4) is 45.6 Å². The molecule has 0 aliphatic rings. The van der Waals surface area contributed by atoms with E-state index >= 15 is 0 Å². The Kier molecular flexibility index (Phi) is 33.1. The molecule has 10 rings (SSSR count). The first-order chi connectivity index (χ1) is 32.5. The van der Waals surface area contributed by atoms with Crippen molar-refractivity contribution >= 4 is 26.7 Å². The SMILES string of the molecule is O=[P+]([O-])c1ccccc1.O=[P+]([O-])c1ccccc1.[Br-].[Br-].[Ni+2].[Ni+2].c1ccc(-c2ccccn2)nc1.c1ccc(-c2ccccn2)nc1.c1ccc(-c2ccccn2)nc1.c1ccc(-c2ccccn2)nc1. The summed E-state index contributed by atoms with van der Waals surface area (Å²) in [5.74, 6) is 0. The van der Waals surface area contributed by atoms with Gasteiger partial charge in [-0.1, -0.05) is 94.1 Å². The summed E-state index contributed by atoms with van der Waals surface area (Å²) in [5, 5.41) is 0.736. The molecule has 0 amide bonds. The van der Waals surface area contributed by atoms with Crippen molar-refractivity contribution in [2.75, 3.05) is 0 Å². The van der Waals surface area contributed by atoms with Crippen molar-refractivity contribution in [3.05, 3.63) is 256 Å². The average molecular weight is 1180 g/mol. The molecule has 12 nitrogen and oxygen atoms in total. The molecule has 0 N–H and O–H groups in total. The number of rotatable bonds is 6. The maximum atomic E-state index is 10.2. The first-order valence-electron chi connectivity index (χ1n) is 20.2. The number of hydrogen-bond donors (Lipinski definition) is 0. The Bertz CT molecular complexity index is 2350. The number of pyridine rings is 8. The molecular weight excluding hydrogens is 1140 g/mol. The Morgan fingerprint density at radius 2 is 0.386 bits per heavy atom. The third-order valence-corrected chi connectivity index (χ3v) is 9.74. The van der Waals surface area contributed by atoms with Crippen LogP contribution in [-0.4, -0.2) is 39.9 Å². The summed E-state index contributed by atoms with van der Waals surface area (Å²) < 4.78 is 20.5. The van der Waals surface area contributed by atoms with Crippen molar-refractivity contribution in [1.29, 1.82) is 0 Å². The second kappa shape index (κ2) is 37.6. The summed E-state index contributed by atoms with van der Waals surface area (Å²) in [6.07, 6.45) is 14.1. The number of halogens is 2. The van der Waals surface area contributed by atoms with Crippen LogP contribution >= 0.6 is 16.1 Å². The van der Waals surface area contributed by atoms with Gasteiger partial charge in [-0.05, 0) is 121 Å². The molecule has 356 valence electrons. The summed E-state index contributed by atoms with van der Waals surface area (Å²) in [6.45, 7) is 0. The van der Waals surface area contributed by atoms with Crippen molar-refractivity contribution in [3.63, 3.8) is 0 Å². The summed E-state index contributed by atoms with van der Waals surface area (Å²) in [5.41, 5.74) is 7.32. The van der Waals surface area contributed by atoms with E-state index < -0.39 is 16.1 Å². The summed E-state index contributed by atoms with van der Waals surface area (Å²) in [7, 11) is -4.79. The molecule has 0 saturated carbocycles. The van der Waals surface area contributed by atoms with E-state index in [9.17, 15) is 18.9 Å². The topological polar surface area (TPSA) is 183 Å². The molecule has 8 heterocycles. The monoisotopic (exact) mass is 1180 g/mol. The van der Waals surface area contributed by atoms with Gasteiger partial charge in [0.15, 0.2) is 10.6 Å². The minimum Gasteiger partial charge on any atom is -1.00 e. The van der Waals surface area contributed by atoms with Gasteiger partial charge in [0.25, 0.3) is 0 Å². The number of aromatic nitrogens is 8. The zero-order valence-corrected chi connectivity index (χ0v) is 43.7. The van der Waals surface area contributed by atoms with Gasteiger partial charge in [-0.3, -0.25) is 39.9 Å². The molecule has 0 spiro atoms. The zero-order chi connectivity index (χ0) is 46.3. The molecule has 2 unspecified atom stereocenters. The Morgan fingerprint density at radius 3 is 0.486 bits per heavy atom. The van der Waals surface area contributed by atoms with Crippen LogP contribution in [0, 0.1) is 0 Å². The van der Waals surface area contributed by atoms with Crippen molar-refractivity contribution in [1.82, 2.24) is 39.9 Å². The van der Waals surface area contributed by atoms with E-state index in [1.54, 1.807) is 110 Å². The number of benzene rings is 2. The molecule has 0 aliphatic carbocycles. The van der Waals surface area contributed by atoms with Crippen LogP contribution in [0.25, 0.3) is 45.6 Å². The van der Waals surface area contributed by atoms with E-state index in [1.807, 2.05) is 146 Å². The molecule has 0 saturated heterocycles. The van der Waals surface area contributed by atoms with Gasteiger partial charge in [0, 0.05) is 49.6 Å². The first-order valence-corrected chi connectivity index (χ1v) is 22.5. The van der Waals surface area contributed by atoms with Gasteiger partial charge in [-0.25, -0.2) is 0 Å². The van der Waals surface area contributed by atoms with Crippen molar-refractivity contribution in [2.24, 2.45) is 0 Å². The molecular formula is C52H42Br2N8Ni2O4P2+2. The maximum Gasteiger partial charge on any atom is 2.00 e. The smallest absolute Gasteiger partial charge is 1.00 e. The standard InChI is InChI=1S/4C10H8N2.2C6H5O2P.2BrH.2Ni/c4*1-3-7-11-9(5-1)10-6-2-4-8-12-10;2*7-9(8)6-4-2-1-3-5-6;;;;/h4*1-8H;2*1-5H;2*1H;;/q;;;;;;;;2*+2/p-2. The van der Waals surface area contributed by atoms with Gasteiger partial charge >= 0.3 is 49.0 Å². The van der Waals surface area contributed by atoms with Gasteiger partial charge < -0.3 is 43.7 Å².